The van der Waals surface area contributed by atoms with Gasteiger partial charge >= 0.3 is 6.18 Å². The zero-order valence-corrected chi connectivity index (χ0v) is 22.2. The van der Waals surface area contributed by atoms with Gasteiger partial charge in [0.2, 0.25) is 5.91 Å². The van der Waals surface area contributed by atoms with Gasteiger partial charge in [-0.05, 0) is 56.7 Å². The molecule has 1 saturated heterocycles. The number of hydrogen-bond acceptors (Lipinski definition) is 6. The highest BCUT2D eigenvalue weighted by molar-refractivity contribution is 6.09. The number of rotatable bonds is 8. The first-order valence-corrected chi connectivity index (χ1v) is 13.3. The number of aromatic nitrogens is 3. The molecule has 3 aliphatic rings. The van der Waals surface area contributed by atoms with Gasteiger partial charge in [0.05, 0.1) is 29.3 Å². The summed E-state index contributed by atoms with van der Waals surface area (Å²) in [6.45, 7) is 3.07. The van der Waals surface area contributed by atoms with Crippen molar-refractivity contribution in [1.29, 1.82) is 0 Å². The van der Waals surface area contributed by atoms with Gasteiger partial charge in [-0.3, -0.25) is 9.59 Å². The maximum absolute atomic E-state index is 13.6. The molecule has 40 heavy (non-hydrogen) atoms. The first-order valence-electron chi connectivity index (χ1n) is 13.3. The van der Waals surface area contributed by atoms with E-state index in [0.29, 0.717) is 53.7 Å². The summed E-state index contributed by atoms with van der Waals surface area (Å²) in [5.41, 5.74) is 0.894. The zero-order valence-electron chi connectivity index (χ0n) is 22.2. The third-order valence-electron chi connectivity index (χ3n) is 8.20. The lowest BCUT2D eigenvalue weighted by Gasteiger charge is -2.18. The number of nitrogens with zero attached hydrogens (tertiary/aromatic N) is 3. The van der Waals surface area contributed by atoms with Crippen LogP contribution in [-0.2, 0) is 15.7 Å². The average Bonchev–Trinajstić information content (AvgIpc) is 3.82. The van der Waals surface area contributed by atoms with Crippen LogP contribution in [0.3, 0.4) is 0 Å². The molecule has 2 aromatic heterocycles. The molecule has 1 aromatic carbocycles. The number of hydrogen-bond donors (Lipinski definition) is 2. The van der Waals surface area contributed by atoms with Crippen LogP contribution in [0.25, 0.3) is 22.3 Å². The third-order valence-corrected chi connectivity index (χ3v) is 8.20. The van der Waals surface area contributed by atoms with Crippen molar-refractivity contribution >= 4 is 22.8 Å². The highest BCUT2D eigenvalue weighted by atomic mass is 19.4. The number of ether oxygens (including phenoxy) is 2. The molecule has 1 atom stereocenters. The second-order valence-corrected chi connectivity index (χ2v) is 11.1. The first-order chi connectivity index (χ1) is 19.1. The summed E-state index contributed by atoms with van der Waals surface area (Å²) in [5.74, 6) is 0.210. The molecule has 2 aliphatic carbocycles. The molecule has 0 bridgehead atoms. The van der Waals surface area contributed by atoms with Gasteiger partial charge in [-0.2, -0.15) is 13.2 Å². The molecule has 3 heterocycles. The number of methoxy groups -OCH3 is 1. The number of aromatic amines is 1. The smallest absolute Gasteiger partial charge is 0.416 e. The average molecular weight is 558 g/mol. The molecular weight excluding hydrogens is 527 g/mol. The fourth-order valence-corrected chi connectivity index (χ4v) is 5.58. The molecule has 3 aromatic rings. The predicted octanol–water partition coefficient (Wildman–Crippen LogP) is 4.11. The van der Waals surface area contributed by atoms with E-state index in [9.17, 15) is 22.8 Å². The number of amides is 2. The molecule has 6 rings (SSSR count). The lowest BCUT2D eigenvalue weighted by Crippen LogP contribution is -2.42. The van der Waals surface area contributed by atoms with Crippen LogP contribution >= 0.6 is 0 Å². The molecule has 9 nitrogen and oxygen atoms in total. The SMILES string of the molecule is COCC(=O)N1CC(NC(=O)c2c(C)[nH]c3c(-c4cc(C(F)(F)F)ccc4OCC4CC4)ncnc23)C2(CC2)C1. The summed E-state index contributed by atoms with van der Waals surface area (Å²) < 4.78 is 51.8. The van der Waals surface area contributed by atoms with Crippen molar-refractivity contribution < 1.29 is 32.2 Å². The van der Waals surface area contributed by atoms with Crippen LogP contribution in [0.2, 0.25) is 0 Å². The van der Waals surface area contributed by atoms with Gasteiger partial charge in [0.25, 0.3) is 5.91 Å². The Morgan fingerprint density at radius 2 is 2.00 bits per heavy atom. The number of halogens is 3. The molecule has 1 spiro atoms. The van der Waals surface area contributed by atoms with Crippen LogP contribution in [0.15, 0.2) is 24.5 Å². The minimum Gasteiger partial charge on any atom is -0.493 e. The van der Waals surface area contributed by atoms with Gasteiger partial charge in [-0.1, -0.05) is 0 Å². The van der Waals surface area contributed by atoms with Gasteiger partial charge in [-0.25, -0.2) is 9.97 Å². The summed E-state index contributed by atoms with van der Waals surface area (Å²) in [5, 5.41) is 3.11. The van der Waals surface area contributed by atoms with Crippen molar-refractivity contribution in [3.8, 4) is 17.0 Å². The summed E-state index contributed by atoms with van der Waals surface area (Å²) >= 11 is 0. The molecule has 212 valence electrons. The van der Waals surface area contributed by atoms with Gasteiger partial charge in [0, 0.05) is 36.9 Å². The Hall–Kier alpha value is -3.67. The Bertz CT molecular complexity index is 1480. The van der Waals surface area contributed by atoms with Crippen molar-refractivity contribution in [3.63, 3.8) is 0 Å². The Balaban J connectivity index is 1.33. The summed E-state index contributed by atoms with van der Waals surface area (Å²) in [4.78, 5) is 39.5. The van der Waals surface area contributed by atoms with Crippen LogP contribution in [0.1, 0.15) is 47.3 Å². The highest BCUT2D eigenvalue weighted by Crippen LogP contribution is 2.53. The third kappa shape index (κ3) is 4.89. The quantitative estimate of drug-likeness (QED) is 0.432. The topological polar surface area (TPSA) is 109 Å². The van der Waals surface area contributed by atoms with Crippen molar-refractivity contribution in [2.24, 2.45) is 11.3 Å². The number of alkyl halides is 3. The number of nitrogens with one attached hydrogen (secondary N) is 2. The number of likely N-dealkylation sites (tertiary alicyclic amines) is 1. The summed E-state index contributed by atoms with van der Waals surface area (Å²) in [6, 6.07) is 3.13. The minimum atomic E-state index is -4.55. The minimum absolute atomic E-state index is 0.0140. The number of carbonyl (C=O) groups excluding carboxylic acids is 2. The lowest BCUT2D eigenvalue weighted by atomic mass is 10.00. The molecule has 2 amide bonds. The van der Waals surface area contributed by atoms with Crippen molar-refractivity contribution in [3.05, 3.63) is 41.3 Å². The van der Waals surface area contributed by atoms with E-state index in [-0.39, 0.29) is 41.1 Å². The van der Waals surface area contributed by atoms with E-state index in [1.807, 2.05) is 0 Å². The van der Waals surface area contributed by atoms with Gasteiger partial charge in [0.1, 0.15) is 29.9 Å². The molecule has 1 unspecified atom stereocenters. The lowest BCUT2D eigenvalue weighted by molar-refractivity contribution is -0.137. The number of aryl methyl sites for hydroxylation is 1. The summed E-state index contributed by atoms with van der Waals surface area (Å²) in [6.07, 6.45) is 0.576. The van der Waals surface area contributed by atoms with E-state index < -0.39 is 11.7 Å². The predicted molar refractivity (Wildman–Crippen MR) is 139 cm³/mol. The zero-order chi connectivity index (χ0) is 28.2. The maximum Gasteiger partial charge on any atom is 0.416 e. The fourth-order valence-electron chi connectivity index (χ4n) is 5.58. The first kappa shape index (κ1) is 26.5. The molecule has 2 N–H and O–H groups in total. The number of carbonyl (C=O) groups is 2. The Kier molecular flexibility index (Phi) is 6.47. The van der Waals surface area contributed by atoms with Crippen molar-refractivity contribution in [2.45, 2.75) is 44.8 Å². The molecular formula is C28H30F3N5O4. The Morgan fingerprint density at radius 3 is 2.67 bits per heavy atom. The van der Waals surface area contributed by atoms with E-state index in [4.69, 9.17) is 9.47 Å². The normalized spacial score (nSPS) is 19.8. The second kappa shape index (κ2) is 9.76. The maximum atomic E-state index is 13.6. The molecule has 3 fully saturated rings. The van der Waals surface area contributed by atoms with Crippen LogP contribution in [0, 0.1) is 18.3 Å². The van der Waals surface area contributed by atoms with E-state index in [1.54, 1.807) is 11.8 Å². The van der Waals surface area contributed by atoms with E-state index >= 15 is 0 Å². The Labute approximate surface area is 228 Å². The van der Waals surface area contributed by atoms with Gasteiger partial charge < -0.3 is 24.7 Å². The Morgan fingerprint density at radius 1 is 1.23 bits per heavy atom. The largest absolute Gasteiger partial charge is 0.493 e. The number of H-pyrrole nitrogens is 1. The van der Waals surface area contributed by atoms with Crippen molar-refractivity contribution in [2.75, 3.05) is 33.4 Å². The van der Waals surface area contributed by atoms with Crippen LogP contribution < -0.4 is 10.1 Å². The van der Waals surface area contributed by atoms with Crippen LogP contribution in [0.5, 0.6) is 5.75 Å². The highest BCUT2D eigenvalue weighted by Gasteiger charge is 2.56. The number of fused-ring (bicyclic) bond motifs is 1. The van der Waals surface area contributed by atoms with Crippen molar-refractivity contribution in [1.82, 2.24) is 25.2 Å². The number of benzene rings is 1. The summed E-state index contributed by atoms with van der Waals surface area (Å²) in [7, 11) is 1.47. The van der Waals surface area contributed by atoms with Crippen LogP contribution in [0.4, 0.5) is 13.2 Å². The van der Waals surface area contributed by atoms with Gasteiger partial charge in [0.15, 0.2) is 0 Å². The molecule has 12 heteroatoms. The van der Waals surface area contributed by atoms with Crippen LogP contribution in [-0.4, -0.2) is 71.1 Å². The van der Waals surface area contributed by atoms with E-state index in [1.165, 1.54) is 19.5 Å². The standard InChI is InChI=1S/C28H30F3N5O4/c1-15-22(26(38)35-20-10-36(21(37)12-39-2)13-27(20)7-8-27)24-25(34-15)23(32-14-33-24)18-9-17(28(29,30)31)5-6-19(18)40-11-16-3-4-16/h5-6,9,14,16,20,34H,3-4,7-8,10-13H2,1-2H3,(H,35,38). The molecule has 0 radical (unpaired) electrons. The molecule has 1 aliphatic heterocycles. The monoisotopic (exact) mass is 557 g/mol. The molecule has 2 saturated carbocycles. The second-order valence-electron chi connectivity index (χ2n) is 11.1. The van der Waals surface area contributed by atoms with Gasteiger partial charge in [-0.15, -0.1) is 0 Å². The van der Waals surface area contributed by atoms with E-state index in [0.717, 1.165) is 37.8 Å². The van der Waals surface area contributed by atoms with E-state index in [2.05, 4.69) is 20.3 Å². The fraction of sp³-hybridized carbons (Fsp3) is 0.500.